The van der Waals surface area contributed by atoms with Crippen molar-refractivity contribution >= 4 is 17.3 Å². The first-order chi connectivity index (χ1) is 10.4. The summed E-state index contributed by atoms with van der Waals surface area (Å²) in [5.74, 6) is -0.0732. The number of rotatable bonds is 5. The number of hydrogen-bond acceptors (Lipinski definition) is 2. The number of anilines is 2. The zero-order valence-corrected chi connectivity index (χ0v) is 13.6. The second-order valence-electron chi connectivity index (χ2n) is 6.13. The van der Waals surface area contributed by atoms with Crippen molar-refractivity contribution in [1.82, 2.24) is 0 Å². The lowest BCUT2D eigenvalue weighted by atomic mass is 9.92. The second-order valence-corrected chi connectivity index (χ2v) is 6.13. The Bertz CT molecular complexity index is 631. The molecule has 2 N–H and O–H groups in total. The zero-order chi connectivity index (χ0) is 16.3. The van der Waals surface area contributed by atoms with Crippen LogP contribution in [-0.4, -0.2) is 11.1 Å². The molecule has 0 spiro atoms. The minimum atomic E-state index is -0.906. The van der Waals surface area contributed by atoms with Gasteiger partial charge in [0.2, 0.25) is 0 Å². The molecule has 2 rings (SSSR count). The predicted molar refractivity (Wildman–Crippen MR) is 91.3 cm³/mol. The summed E-state index contributed by atoms with van der Waals surface area (Å²) in [5, 5.41) is 12.5. The maximum absolute atomic E-state index is 10.9. The van der Waals surface area contributed by atoms with Crippen molar-refractivity contribution in [2.75, 3.05) is 5.32 Å². The molecule has 0 heterocycles. The van der Waals surface area contributed by atoms with Gasteiger partial charge in [0, 0.05) is 11.4 Å². The van der Waals surface area contributed by atoms with Gasteiger partial charge in [-0.05, 0) is 47.2 Å². The molecule has 0 unspecified atom stereocenters. The molecule has 0 fully saturated rings. The first kappa shape index (κ1) is 16.1. The van der Waals surface area contributed by atoms with Gasteiger partial charge in [0.05, 0.1) is 5.56 Å². The Balaban J connectivity index is 2.41. The first-order valence-corrected chi connectivity index (χ1v) is 7.63. The van der Waals surface area contributed by atoms with E-state index in [2.05, 4.69) is 51.2 Å². The maximum atomic E-state index is 10.9. The van der Waals surface area contributed by atoms with Crippen LogP contribution in [0.2, 0.25) is 0 Å². The van der Waals surface area contributed by atoms with Crippen LogP contribution in [0.15, 0.2) is 42.5 Å². The molecule has 0 aliphatic carbocycles. The summed E-state index contributed by atoms with van der Waals surface area (Å²) in [7, 11) is 0. The van der Waals surface area contributed by atoms with Crippen molar-refractivity contribution in [1.29, 1.82) is 0 Å². The minimum Gasteiger partial charge on any atom is -0.478 e. The van der Waals surface area contributed by atoms with Gasteiger partial charge in [-0.3, -0.25) is 0 Å². The average Bonchev–Trinajstić information content (AvgIpc) is 2.47. The quantitative estimate of drug-likeness (QED) is 0.779. The Morgan fingerprint density at radius 2 is 1.41 bits per heavy atom. The third-order valence-corrected chi connectivity index (χ3v) is 3.77. The third-order valence-electron chi connectivity index (χ3n) is 3.77. The number of hydrogen-bond donors (Lipinski definition) is 2. The number of carboxylic acid groups (broad SMARTS) is 1. The molecule has 0 bridgehead atoms. The summed E-state index contributed by atoms with van der Waals surface area (Å²) in [6, 6.07) is 13.3. The molecule has 2 aromatic rings. The fraction of sp³-hybridized carbons (Fsp3) is 0.316. The van der Waals surface area contributed by atoms with Crippen LogP contribution in [0.5, 0.6) is 0 Å². The number of benzene rings is 2. The van der Waals surface area contributed by atoms with Crippen LogP contribution in [0.25, 0.3) is 0 Å². The Morgan fingerprint density at radius 1 is 0.909 bits per heavy atom. The zero-order valence-electron chi connectivity index (χ0n) is 13.6. The molecule has 0 aromatic heterocycles. The van der Waals surface area contributed by atoms with Gasteiger partial charge < -0.3 is 10.4 Å². The standard InChI is InChI=1S/C19H23NO2/c1-12(2)16-6-5-7-17(13(3)4)18(16)20-15-10-8-14(9-11-15)19(21)22/h5-13,20H,1-4H3,(H,21,22). The van der Waals surface area contributed by atoms with Gasteiger partial charge in [-0.25, -0.2) is 4.79 Å². The van der Waals surface area contributed by atoms with E-state index in [9.17, 15) is 4.79 Å². The van der Waals surface area contributed by atoms with Gasteiger partial charge in [0.15, 0.2) is 0 Å². The van der Waals surface area contributed by atoms with Gasteiger partial charge in [-0.1, -0.05) is 45.9 Å². The summed E-state index contributed by atoms with van der Waals surface area (Å²) in [5.41, 5.74) is 4.88. The smallest absolute Gasteiger partial charge is 0.335 e. The lowest BCUT2D eigenvalue weighted by molar-refractivity contribution is 0.0697. The van der Waals surface area contributed by atoms with Crippen LogP contribution < -0.4 is 5.32 Å². The van der Waals surface area contributed by atoms with Crippen LogP contribution in [-0.2, 0) is 0 Å². The first-order valence-electron chi connectivity index (χ1n) is 7.63. The molecule has 3 heteroatoms. The third kappa shape index (κ3) is 3.48. The predicted octanol–water partition coefficient (Wildman–Crippen LogP) is 5.38. The molecule has 0 radical (unpaired) electrons. The number of carboxylic acids is 1. The lowest BCUT2D eigenvalue weighted by Gasteiger charge is -2.21. The molecule has 0 saturated heterocycles. The summed E-state index contributed by atoms with van der Waals surface area (Å²) in [6.07, 6.45) is 0. The summed E-state index contributed by atoms with van der Waals surface area (Å²) in [6.45, 7) is 8.71. The van der Waals surface area contributed by atoms with Crippen molar-refractivity contribution in [3.8, 4) is 0 Å². The number of para-hydroxylation sites is 1. The van der Waals surface area contributed by atoms with E-state index in [1.54, 1.807) is 12.1 Å². The molecule has 22 heavy (non-hydrogen) atoms. The highest BCUT2D eigenvalue weighted by Gasteiger charge is 2.14. The Labute approximate surface area is 132 Å². The van der Waals surface area contributed by atoms with E-state index >= 15 is 0 Å². The van der Waals surface area contributed by atoms with Crippen LogP contribution in [0.1, 0.15) is 61.0 Å². The molecule has 0 saturated carbocycles. The molecule has 2 aromatic carbocycles. The largest absolute Gasteiger partial charge is 0.478 e. The van der Waals surface area contributed by atoms with Gasteiger partial charge in [0.1, 0.15) is 0 Å². The van der Waals surface area contributed by atoms with E-state index < -0.39 is 5.97 Å². The highest BCUT2D eigenvalue weighted by Crippen LogP contribution is 2.34. The topological polar surface area (TPSA) is 49.3 Å². The summed E-state index contributed by atoms with van der Waals surface area (Å²) < 4.78 is 0. The van der Waals surface area contributed by atoms with E-state index in [0.29, 0.717) is 17.4 Å². The molecule has 0 aliphatic heterocycles. The van der Waals surface area contributed by atoms with Crippen molar-refractivity contribution in [2.24, 2.45) is 0 Å². The van der Waals surface area contributed by atoms with E-state index in [1.807, 2.05) is 12.1 Å². The van der Waals surface area contributed by atoms with Crippen molar-refractivity contribution < 1.29 is 9.90 Å². The molecular formula is C19H23NO2. The van der Waals surface area contributed by atoms with Crippen LogP contribution in [0.4, 0.5) is 11.4 Å². The van der Waals surface area contributed by atoms with Crippen LogP contribution >= 0.6 is 0 Å². The average molecular weight is 297 g/mol. The van der Waals surface area contributed by atoms with Gasteiger partial charge >= 0.3 is 5.97 Å². The molecule has 0 aliphatic rings. The normalized spacial score (nSPS) is 11.0. The number of nitrogens with one attached hydrogen (secondary N) is 1. The van der Waals surface area contributed by atoms with Gasteiger partial charge in [-0.15, -0.1) is 0 Å². The maximum Gasteiger partial charge on any atom is 0.335 e. The van der Waals surface area contributed by atoms with Crippen molar-refractivity contribution in [3.63, 3.8) is 0 Å². The van der Waals surface area contributed by atoms with E-state index in [0.717, 1.165) is 11.4 Å². The SMILES string of the molecule is CC(C)c1cccc(C(C)C)c1Nc1ccc(C(=O)O)cc1. The van der Waals surface area contributed by atoms with Gasteiger partial charge in [-0.2, -0.15) is 0 Å². The monoisotopic (exact) mass is 297 g/mol. The molecule has 0 atom stereocenters. The number of aromatic carboxylic acids is 1. The van der Waals surface area contributed by atoms with E-state index in [4.69, 9.17) is 5.11 Å². The highest BCUT2D eigenvalue weighted by molar-refractivity contribution is 5.88. The molecular weight excluding hydrogens is 274 g/mol. The Kier molecular flexibility index (Phi) is 4.86. The summed E-state index contributed by atoms with van der Waals surface area (Å²) >= 11 is 0. The highest BCUT2D eigenvalue weighted by atomic mass is 16.4. The Hall–Kier alpha value is -2.29. The fourth-order valence-electron chi connectivity index (χ4n) is 2.54. The van der Waals surface area contributed by atoms with Gasteiger partial charge in [0.25, 0.3) is 0 Å². The molecule has 3 nitrogen and oxygen atoms in total. The number of carbonyl (C=O) groups is 1. The fourth-order valence-corrected chi connectivity index (χ4v) is 2.54. The molecule has 116 valence electrons. The van der Waals surface area contributed by atoms with Crippen LogP contribution in [0.3, 0.4) is 0 Å². The minimum absolute atomic E-state index is 0.298. The molecule has 0 amide bonds. The second kappa shape index (κ2) is 6.65. The Morgan fingerprint density at radius 3 is 1.82 bits per heavy atom. The summed E-state index contributed by atoms with van der Waals surface area (Å²) in [4.78, 5) is 10.9. The van der Waals surface area contributed by atoms with Crippen molar-refractivity contribution in [2.45, 2.75) is 39.5 Å². The lowest BCUT2D eigenvalue weighted by Crippen LogP contribution is -2.04. The van der Waals surface area contributed by atoms with Crippen LogP contribution in [0, 0.1) is 0 Å². The van der Waals surface area contributed by atoms with E-state index in [1.165, 1.54) is 11.1 Å². The van der Waals surface area contributed by atoms with E-state index in [-0.39, 0.29) is 0 Å². The van der Waals surface area contributed by atoms with Crippen molar-refractivity contribution in [3.05, 3.63) is 59.2 Å².